The van der Waals surface area contributed by atoms with Crippen LogP contribution >= 0.6 is 11.6 Å². The zero-order valence-electron chi connectivity index (χ0n) is 11.1. The van der Waals surface area contributed by atoms with Crippen LogP contribution in [0.1, 0.15) is 25.0 Å². The zero-order chi connectivity index (χ0) is 13.2. The van der Waals surface area contributed by atoms with Gasteiger partial charge in [-0.2, -0.15) is 5.10 Å². The number of benzene rings is 1. The number of hydrogen-bond acceptors (Lipinski definition) is 3. The molecule has 3 rings (SSSR count). The third kappa shape index (κ3) is 2.52. The van der Waals surface area contributed by atoms with Gasteiger partial charge in [-0.3, -0.25) is 0 Å². The molecule has 19 heavy (non-hydrogen) atoms. The van der Waals surface area contributed by atoms with Crippen LogP contribution < -0.4 is 5.32 Å². The number of nitrogens with zero attached hydrogens (tertiary/aromatic N) is 2. The summed E-state index contributed by atoms with van der Waals surface area (Å²) in [6, 6.07) is 8.25. The number of aromatic nitrogens is 2. The van der Waals surface area contributed by atoms with Gasteiger partial charge in [0.15, 0.2) is 5.82 Å². The Bertz CT molecular complexity index is 585. The summed E-state index contributed by atoms with van der Waals surface area (Å²) in [7, 11) is 0. The van der Waals surface area contributed by atoms with E-state index in [1.54, 1.807) is 0 Å². The van der Waals surface area contributed by atoms with Crippen molar-refractivity contribution in [3.63, 3.8) is 0 Å². The largest absolute Gasteiger partial charge is 0.368 e. The fourth-order valence-electron chi connectivity index (χ4n) is 2.82. The van der Waals surface area contributed by atoms with Crippen LogP contribution in [0.2, 0.25) is 0 Å². The Kier molecular flexibility index (Phi) is 3.56. The molecule has 0 radical (unpaired) electrons. The van der Waals surface area contributed by atoms with Crippen LogP contribution in [0.4, 0.5) is 5.82 Å². The molecule has 1 aliphatic carbocycles. The minimum atomic E-state index is 0.303. The Hall–Kier alpha value is -1.35. The van der Waals surface area contributed by atoms with Crippen molar-refractivity contribution in [2.75, 3.05) is 11.9 Å². The Morgan fingerprint density at radius 1 is 1.21 bits per heavy atom. The van der Waals surface area contributed by atoms with Crippen molar-refractivity contribution in [2.24, 2.45) is 5.92 Å². The maximum Gasteiger partial charge on any atom is 0.156 e. The fourth-order valence-corrected chi connectivity index (χ4v) is 3.19. The quantitative estimate of drug-likeness (QED) is 0.867. The molecule has 0 bridgehead atoms. The summed E-state index contributed by atoms with van der Waals surface area (Å²) < 4.78 is 0. The van der Waals surface area contributed by atoms with Crippen molar-refractivity contribution >= 4 is 28.2 Å². The Balaban J connectivity index is 1.83. The van der Waals surface area contributed by atoms with E-state index in [2.05, 4.69) is 27.6 Å². The van der Waals surface area contributed by atoms with Crippen molar-refractivity contribution in [3.05, 3.63) is 30.0 Å². The van der Waals surface area contributed by atoms with Gasteiger partial charge in [0, 0.05) is 22.7 Å². The van der Waals surface area contributed by atoms with E-state index in [1.165, 1.54) is 12.8 Å². The summed E-state index contributed by atoms with van der Waals surface area (Å²) in [5.74, 6) is 1.42. The molecule has 1 aliphatic rings. The number of halogens is 1. The molecule has 4 heteroatoms. The van der Waals surface area contributed by atoms with Gasteiger partial charge < -0.3 is 5.32 Å². The molecule has 1 aromatic heterocycles. The molecular formula is C15H18ClN3. The molecule has 1 saturated carbocycles. The van der Waals surface area contributed by atoms with E-state index < -0.39 is 0 Å². The molecule has 1 heterocycles. The van der Waals surface area contributed by atoms with Crippen molar-refractivity contribution in [1.82, 2.24) is 10.2 Å². The SMILES string of the molecule is Cc1nnc(NCC2CCCC2Cl)c2ccccc12. The van der Waals surface area contributed by atoms with E-state index in [0.29, 0.717) is 11.3 Å². The van der Waals surface area contributed by atoms with Crippen LogP contribution in [0.25, 0.3) is 10.8 Å². The van der Waals surface area contributed by atoms with E-state index in [4.69, 9.17) is 11.6 Å². The lowest BCUT2D eigenvalue weighted by atomic mass is 10.1. The molecular weight excluding hydrogens is 258 g/mol. The number of rotatable bonds is 3. The second-order valence-corrected chi connectivity index (χ2v) is 5.83. The first-order chi connectivity index (χ1) is 9.25. The first-order valence-corrected chi connectivity index (χ1v) is 7.29. The van der Waals surface area contributed by atoms with E-state index in [9.17, 15) is 0 Å². The second kappa shape index (κ2) is 5.33. The fraction of sp³-hybridized carbons (Fsp3) is 0.467. The summed E-state index contributed by atoms with van der Waals surface area (Å²) in [6.45, 7) is 2.88. The number of aryl methyl sites for hydroxylation is 1. The molecule has 100 valence electrons. The Labute approximate surface area is 118 Å². The molecule has 3 nitrogen and oxygen atoms in total. The summed E-state index contributed by atoms with van der Waals surface area (Å²) in [5, 5.41) is 14.5. The molecule has 1 fully saturated rings. The Morgan fingerprint density at radius 3 is 2.74 bits per heavy atom. The average molecular weight is 276 g/mol. The third-order valence-electron chi connectivity index (χ3n) is 3.97. The molecule has 1 aromatic carbocycles. The predicted molar refractivity (Wildman–Crippen MR) is 79.7 cm³/mol. The van der Waals surface area contributed by atoms with Crippen molar-refractivity contribution in [3.8, 4) is 0 Å². The number of alkyl halides is 1. The van der Waals surface area contributed by atoms with Crippen molar-refractivity contribution in [1.29, 1.82) is 0 Å². The molecule has 0 amide bonds. The number of nitrogens with one attached hydrogen (secondary N) is 1. The zero-order valence-corrected chi connectivity index (χ0v) is 11.8. The number of hydrogen-bond donors (Lipinski definition) is 1. The minimum Gasteiger partial charge on any atom is -0.368 e. The maximum atomic E-state index is 6.31. The highest BCUT2D eigenvalue weighted by Gasteiger charge is 2.25. The highest BCUT2D eigenvalue weighted by atomic mass is 35.5. The summed E-state index contributed by atoms with van der Waals surface area (Å²) in [6.07, 6.45) is 3.58. The highest BCUT2D eigenvalue weighted by molar-refractivity contribution is 6.21. The van der Waals surface area contributed by atoms with Gasteiger partial charge in [-0.1, -0.05) is 30.7 Å². The summed E-state index contributed by atoms with van der Waals surface area (Å²) in [5.41, 5.74) is 0.970. The molecule has 2 aromatic rings. The van der Waals surface area contributed by atoms with Crippen LogP contribution in [0.3, 0.4) is 0 Å². The number of fused-ring (bicyclic) bond motifs is 1. The van der Waals surface area contributed by atoms with E-state index in [1.807, 2.05) is 19.1 Å². The first-order valence-electron chi connectivity index (χ1n) is 6.85. The van der Waals surface area contributed by atoms with E-state index >= 15 is 0 Å². The van der Waals surface area contributed by atoms with Crippen molar-refractivity contribution in [2.45, 2.75) is 31.6 Å². The van der Waals surface area contributed by atoms with Crippen LogP contribution in [0, 0.1) is 12.8 Å². The van der Waals surface area contributed by atoms with Gasteiger partial charge in [0.2, 0.25) is 0 Å². The van der Waals surface area contributed by atoms with Gasteiger partial charge in [0.05, 0.1) is 5.69 Å². The lowest BCUT2D eigenvalue weighted by Crippen LogP contribution is -2.19. The monoisotopic (exact) mass is 275 g/mol. The highest BCUT2D eigenvalue weighted by Crippen LogP contribution is 2.31. The maximum absolute atomic E-state index is 6.31. The van der Waals surface area contributed by atoms with Crippen LogP contribution in [-0.2, 0) is 0 Å². The van der Waals surface area contributed by atoms with Gasteiger partial charge in [-0.25, -0.2) is 0 Å². The molecule has 1 N–H and O–H groups in total. The summed E-state index contributed by atoms with van der Waals surface area (Å²) >= 11 is 6.31. The Morgan fingerprint density at radius 2 is 2.00 bits per heavy atom. The van der Waals surface area contributed by atoms with Gasteiger partial charge in [-0.15, -0.1) is 16.7 Å². The van der Waals surface area contributed by atoms with Gasteiger partial charge in [0.1, 0.15) is 0 Å². The number of anilines is 1. The van der Waals surface area contributed by atoms with Gasteiger partial charge in [-0.05, 0) is 25.7 Å². The minimum absolute atomic E-state index is 0.303. The van der Waals surface area contributed by atoms with E-state index in [-0.39, 0.29) is 0 Å². The second-order valence-electron chi connectivity index (χ2n) is 5.27. The van der Waals surface area contributed by atoms with Crippen LogP contribution in [0.5, 0.6) is 0 Å². The topological polar surface area (TPSA) is 37.8 Å². The van der Waals surface area contributed by atoms with Gasteiger partial charge in [0.25, 0.3) is 0 Å². The third-order valence-corrected chi connectivity index (χ3v) is 4.54. The van der Waals surface area contributed by atoms with Gasteiger partial charge >= 0.3 is 0 Å². The molecule has 0 saturated heterocycles. The smallest absolute Gasteiger partial charge is 0.156 e. The normalized spacial score (nSPS) is 22.8. The summed E-state index contributed by atoms with van der Waals surface area (Å²) in [4.78, 5) is 0. The van der Waals surface area contributed by atoms with E-state index in [0.717, 1.165) is 35.2 Å². The average Bonchev–Trinajstić information content (AvgIpc) is 2.84. The lowest BCUT2D eigenvalue weighted by Gasteiger charge is -2.15. The lowest BCUT2D eigenvalue weighted by molar-refractivity contribution is 0.585. The molecule has 2 atom stereocenters. The molecule has 0 spiro atoms. The van der Waals surface area contributed by atoms with Crippen LogP contribution in [-0.4, -0.2) is 22.1 Å². The standard InChI is InChI=1S/C15H18ClN3/c1-10-12-6-2-3-7-13(12)15(19-18-10)17-9-11-5-4-8-14(11)16/h2-3,6-7,11,14H,4-5,8-9H2,1H3,(H,17,19). The molecule has 0 aliphatic heterocycles. The molecule has 2 unspecified atom stereocenters. The first kappa shape index (κ1) is 12.7. The van der Waals surface area contributed by atoms with Crippen LogP contribution in [0.15, 0.2) is 24.3 Å². The predicted octanol–water partition coefficient (Wildman–Crippen LogP) is 3.76. The van der Waals surface area contributed by atoms with Crippen molar-refractivity contribution < 1.29 is 0 Å².